The van der Waals surface area contributed by atoms with Crippen LogP contribution in [0.1, 0.15) is 0 Å². The molecule has 0 aromatic rings. The molecule has 0 saturated carbocycles. The van der Waals surface area contributed by atoms with Gasteiger partial charge in [0.1, 0.15) is 0 Å². The third kappa shape index (κ3) is 5.30. The maximum atomic E-state index is 11.7. The van der Waals surface area contributed by atoms with E-state index in [-0.39, 0.29) is 13.2 Å². The van der Waals surface area contributed by atoms with Gasteiger partial charge in [0, 0.05) is 32.7 Å². The largest absolute Gasteiger partial charge is 0.522 e. The van der Waals surface area contributed by atoms with Crippen molar-refractivity contribution in [1.29, 1.82) is 5.26 Å². The summed E-state index contributed by atoms with van der Waals surface area (Å²) in [5.41, 5.74) is 0. The minimum absolute atomic E-state index is 0.278. The highest BCUT2D eigenvalue weighted by Crippen LogP contribution is 2.15. The molecule has 0 atom stereocenters. The minimum Gasteiger partial charge on any atom is -0.299 e. The summed E-state index contributed by atoms with van der Waals surface area (Å²) in [6.07, 6.45) is -4.54. The smallest absolute Gasteiger partial charge is 0.299 e. The molecule has 1 aliphatic rings. The van der Waals surface area contributed by atoms with Gasteiger partial charge in [-0.3, -0.25) is 14.5 Å². The molecule has 1 fully saturated rings. The van der Waals surface area contributed by atoms with Gasteiger partial charge in [-0.15, -0.1) is 13.2 Å². The molecule has 4 nitrogen and oxygen atoms in total. The van der Waals surface area contributed by atoms with E-state index in [1.165, 1.54) is 0 Å². The Balaban J connectivity index is 2.11. The Bertz CT molecular complexity index is 243. The summed E-state index contributed by atoms with van der Waals surface area (Å²) < 4.78 is 38.8. The summed E-state index contributed by atoms with van der Waals surface area (Å²) in [5.74, 6) is 0. The van der Waals surface area contributed by atoms with E-state index in [1.807, 2.05) is 15.9 Å². The molecule has 1 heterocycles. The molecular formula is C9H14F3N3O. The molecule has 0 amide bonds. The SMILES string of the molecule is N#CCN1CCN(CCOC(F)(F)F)CC1. The molecule has 0 aromatic heterocycles. The van der Waals surface area contributed by atoms with Crippen LogP contribution in [0, 0.1) is 11.3 Å². The monoisotopic (exact) mass is 237 g/mol. The molecule has 0 N–H and O–H groups in total. The van der Waals surface area contributed by atoms with Crippen LogP contribution in [0.15, 0.2) is 0 Å². The first-order valence-corrected chi connectivity index (χ1v) is 5.03. The fourth-order valence-electron chi connectivity index (χ4n) is 1.56. The number of halogens is 3. The van der Waals surface area contributed by atoms with Crippen molar-refractivity contribution in [3.05, 3.63) is 0 Å². The van der Waals surface area contributed by atoms with Gasteiger partial charge in [-0.2, -0.15) is 5.26 Å². The van der Waals surface area contributed by atoms with Crippen molar-refractivity contribution in [2.24, 2.45) is 0 Å². The highest BCUT2D eigenvalue weighted by atomic mass is 19.4. The summed E-state index contributed by atoms with van der Waals surface area (Å²) in [7, 11) is 0. The van der Waals surface area contributed by atoms with Gasteiger partial charge in [0.25, 0.3) is 0 Å². The quantitative estimate of drug-likeness (QED) is 0.673. The van der Waals surface area contributed by atoms with E-state index in [0.29, 0.717) is 19.6 Å². The summed E-state index contributed by atoms with van der Waals surface area (Å²) >= 11 is 0. The number of nitriles is 1. The predicted molar refractivity (Wildman–Crippen MR) is 50.5 cm³/mol. The minimum atomic E-state index is -4.54. The first-order valence-electron chi connectivity index (χ1n) is 5.03. The van der Waals surface area contributed by atoms with Gasteiger partial charge in [-0.25, -0.2) is 0 Å². The summed E-state index contributed by atoms with van der Waals surface area (Å²) in [6, 6.07) is 2.05. The van der Waals surface area contributed by atoms with E-state index in [2.05, 4.69) is 4.74 Å². The lowest BCUT2D eigenvalue weighted by molar-refractivity contribution is -0.325. The maximum absolute atomic E-state index is 11.7. The number of hydrogen-bond acceptors (Lipinski definition) is 4. The Morgan fingerprint density at radius 3 is 2.19 bits per heavy atom. The average molecular weight is 237 g/mol. The van der Waals surface area contributed by atoms with E-state index in [4.69, 9.17) is 5.26 Å². The van der Waals surface area contributed by atoms with Gasteiger partial charge in [0.05, 0.1) is 19.2 Å². The second-order valence-electron chi connectivity index (χ2n) is 3.57. The zero-order valence-corrected chi connectivity index (χ0v) is 8.83. The molecular weight excluding hydrogens is 223 g/mol. The van der Waals surface area contributed by atoms with Crippen LogP contribution < -0.4 is 0 Å². The van der Waals surface area contributed by atoms with E-state index >= 15 is 0 Å². The normalized spacial score (nSPS) is 19.6. The number of alkyl halides is 3. The third-order valence-corrected chi connectivity index (χ3v) is 2.43. The predicted octanol–water partition coefficient (Wildman–Crippen LogP) is 0.664. The van der Waals surface area contributed by atoms with Crippen LogP contribution >= 0.6 is 0 Å². The Labute approximate surface area is 92.2 Å². The highest BCUT2D eigenvalue weighted by Gasteiger charge is 2.29. The second kappa shape index (κ2) is 6.03. The number of piperazine rings is 1. The van der Waals surface area contributed by atoms with Crippen molar-refractivity contribution in [2.45, 2.75) is 6.36 Å². The van der Waals surface area contributed by atoms with Gasteiger partial charge in [-0.1, -0.05) is 0 Å². The third-order valence-electron chi connectivity index (χ3n) is 2.43. The van der Waals surface area contributed by atoms with Crippen molar-refractivity contribution in [1.82, 2.24) is 9.80 Å². The van der Waals surface area contributed by atoms with Crippen LogP contribution in [0.3, 0.4) is 0 Å². The van der Waals surface area contributed by atoms with E-state index < -0.39 is 6.36 Å². The standard InChI is InChI=1S/C9H14F3N3O/c10-9(11,12)16-8-7-15-5-3-14(2-1-13)4-6-15/h2-8H2. The average Bonchev–Trinajstić information content (AvgIpc) is 2.19. The molecule has 0 aliphatic carbocycles. The molecule has 7 heteroatoms. The number of nitrogens with zero attached hydrogens (tertiary/aromatic N) is 3. The zero-order chi connectivity index (χ0) is 12.0. The van der Waals surface area contributed by atoms with Crippen molar-refractivity contribution < 1.29 is 17.9 Å². The summed E-state index contributed by atoms with van der Waals surface area (Å²) in [4.78, 5) is 3.88. The van der Waals surface area contributed by atoms with Gasteiger partial charge < -0.3 is 0 Å². The van der Waals surface area contributed by atoms with Gasteiger partial charge in [0.15, 0.2) is 0 Å². The molecule has 0 radical (unpaired) electrons. The Morgan fingerprint density at radius 2 is 1.69 bits per heavy atom. The molecule has 0 bridgehead atoms. The second-order valence-corrected chi connectivity index (χ2v) is 3.57. The van der Waals surface area contributed by atoms with Crippen LogP contribution in [-0.4, -0.2) is 62.0 Å². The lowest BCUT2D eigenvalue weighted by atomic mass is 10.3. The summed E-state index contributed by atoms with van der Waals surface area (Å²) in [6.45, 7) is 3.14. The lowest BCUT2D eigenvalue weighted by Crippen LogP contribution is -2.47. The Morgan fingerprint density at radius 1 is 1.12 bits per heavy atom. The van der Waals surface area contributed by atoms with Crippen molar-refractivity contribution in [3.63, 3.8) is 0 Å². The topological polar surface area (TPSA) is 39.5 Å². The molecule has 0 spiro atoms. The molecule has 1 saturated heterocycles. The highest BCUT2D eigenvalue weighted by molar-refractivity contribution is 4.80. The van der Waals surface area contributed by atoms with Crippen LogP contribution in [0.5, 0.6) is 0 Å². The fraction of sp³-hybridized carbons (Fsp3) is 0.889. The maximum Gasteiger partial charge on any atom is 0.522 e. The Kier molecular flexibility index (Phi) is 4.99. The number of hydrogen-bond donors (Lipinski definition) is 0. The van der Waals surface area contributed by atoms with E-state index in [9.17, 15) is 13.2 Å². The van der Waals surface area contributed by atoms with E-state index in [1.54, 1.807) is 0 Å². The summed E-state index contributed by atoms with van der Waals surface area (Å²) in [5, 5.41) is 8.47. The molecule has 92 valence electrons. The van der Waals surface area contributed by atoms with Crippen LogP contribution in [-0.2, 0) is 4.74 Å². The van der Waals surface area contributed by atoms with Crippen molar-refractivity contribution in [2.75, 3.05) is 45.9 Å². The van der Waals surface area contributed by atoms with Crippen LogP contribution in [0.25, 0.3) is 0 Å². The number of rotatable bonds is 4. The zero-order valence-electron chi connectivity index (χ0n) is 8.83. The molecule has 1 aliphatic heterocycles. The van der Waals surface area contributed by atoms with Crippen LogP contribution in [0.2, 0.25) is 0 Å². The van der Waals surface area contributed by atoms with Gasteiger partial charge in [-0.05, 0) is 0 Å². The number of ether oxygens (including phenoxy) is 1. The fourth-order valence-corrected chi connectivity index (χ4v) is 1.56. The molecule has 16 heavy (non-hydrogen) atoms. The van der Waals surface area contributed by atoms with Gasteiger partial charge in [0.2, 0.25) is 0 Å². The van der Waals surface area contributed by atoms with Crippen molar-refractivity contribution >= 4 is 0 Å². The molecule has 0 aromatic carbocycles. The first kappa shape index (κ1) is 13.2. The van der Waals surface area contributed by atoms with E-state index in [0.717, 1.165) is 13.1 Å². The first-order chi connectivity index (χ1) is 7.51. The van der Waals surface area contributed by atoms with Crippen molar-refractivity contribution in [3.8, 4) is 6.07 Å². The lowest BCUT2D eigenvalue weighted by Gasteiger charge is -2.33. The van der Waals surface area contributed by atoms with Crippen LogP contribution in [0.4, 0.5) is 13.2 Å². The molecule has 1 rings (SSSR count). The Hall–Kier alpha value is -0.840. The molecule has 0 unspecified atom stereocenters. The van der Waals surface area contributed by atoms with Gasteiger partial charge >= 0.3 is 6.36 Å².